The molecule has 0 N–H and O–H groups in total. The van der Waals surface area contributed by atoms with Crippen molar-refractivity contribution < 1.29 is 0 Å². The van der Waals surface area contributed by atoms with Crippen LogP contribution in [0, 0.1) is 0 Å². The summed E-state index contributed by atoms with van der Waals surface area (Å²) in [6, 6.07) is 0.998. The third-order valence-corrected chi connectivity index (χ3v) is 1.58. The van der Waals surface area contributed by atoms with Crippen LogP contribution in [0.5, 0.6) is 0 Å². The molecule has 42 valence electrons. The first-order valence-electron chi connectivity index (χ1n) is 2.95. The second-order valence-corrected chi connectivity index (χ2v) is 2.38. The smallest absolute Gasteiger partial charge is 0.0911 e. The molecule has 2 heterocycles. The molecule has 0 aromatic carbocycles. The Morgan fingerprint density at radius 1 is 1.00 bits per heavy atom. The Balaban J connectivity index is 2.03. The van der Waals surface area contributed by atoms with E-state index in [-0.39, 0.29) is 0 Å². The quantitative estimate of drug-likeness (QED) is 0.471. The molecule has 8 heavy (non-hydrogen) atoms. The topological polar surface area (TPSA) is 24.7 Å². The van der Waals surface area contributed by atoms with Gasteiger partial charge in [0.15, 0.2) is 0 Å². The third kappa shape index (κ3) is 0.427. The molecule has 2 unspecified atom stereocenters. The maximum Gasteiger partial charge on any atom is 0.0911 e. The molecule has 2 aliphatic rings. The fraction of sp³-hybridized carbons (Fsp3) is 0.667. The summed E-state index contributed by atoms with van der Waals surface area (Å²) in [5.41, 5.74) is 2.50. The van der Waals surface area contributed by atoms with Crippen LogP contribution in [0.25, 0.3) is 0 Å². The van der Waals surface area contributed by atoms with Gasteiger partial charge in [0.05, 0.1) is 23.5 Å². The molecule has 0 saturated heterocycles. The number of aliphatic imine (C=N–C) groups is 2. The van der Waals surface area contributed by atoms with Crippen molar-refractivity contribution in [2.24, 2.45) is 9.98 Å². The van der Waals surface area contributed by atoms with Crippen molar-refractivity contribution in [1.82, 2.24) is 0 Å². The predicted molar refractivity (Wildman–Crippen MR) is 33.8 cm³/mol. The SMILES string of the molecule is CC1N=C1C1=NC1C. The van der Waals surface area contributed by atoms with E-state index < -0.39 is 0 Å². The summed E-state index contributed by atoms with van der Waals surface area (Å²) in [6.07, 6.45) is 0. The van der Waals surface area contributed by atoms with E-state index in [4.69, 9.17) is 0 Å². The lowest BCUT2D eigenvalue weighted by Crippen LogP contribution is -2.02. The molecule has 0 aliphatic carbocycles. The second-order valence-electron chi connectivity index (χ2n) is 2.38. The minimum absolute atomic E-state index is 0.499. The lowest BCUT2D eigenvalue weighted by atomic mass is 10.2. The Morgan fingerprint density at radius 3 is 1.38 bits per heavy atom. The molecule has 0 aromatic heterocycles. The summed E-state index contributed by atoms with van der Waals surface area (Å²) in [7, 11) is 0. The molecule has 0 amide bonds. The maximum atomic E-state index is 4.15. The van der Waals surface area contributed by atoms with Crippen LogP contribution in [0.1, 0.15) is 13.8 Å². The van der Waals surface area contributed by atoms with Gasteiger partial charge in [0.1, 0.15) is 0 Å². The molecule has 0 aromatic rings. The largest absolute Gasteiger partial charge is 0.276 e. The Kier molecular flexibility index (Phi) is 0.539. The molecular weight excluding hydrogens is 100 g/mol. The van der Waals surface area contributed by atoms with E-state index in [9.17, 15) is 0 Å². The van der Waals surface area contributed by atoms with Crippen LogP contribution in [-0.2, 0) is 0 Å². The van der Waals surface area contributed by atoms with Crippen molar-refractivity contribution in [1.29, 1.82) is 0 Å². The molecule has 2 atom stereocenters. The summed E-state index contributed by atoms with van der Waals surface area (Å²) >= 11 is 0. The van der Waals surface area contributed by atoms with E-state index in [0.717, 1.165) is 0 Å². The van der Waals surface area contributed by atoms with E-state index in [0.29, 0.717) is 12.1 Å². The summed E-state index contributed by atoms with van der Waals surface area (Å²) in [5, 5.41) is 0. The van der Waals surface area contributed by atoms with Crippen molar-refractivity contribution in [3.63, 3.8) is 0 Å². The average molecular weight is 108 g/mol. The molecule has 2 rings (SSSR count). The normalized spacial score (nSPS) is 40.8. The van der Waals surface area contributed by atoms with Crippen LogP contribution in [0.2, 0.25) is 0 Å². The zero-order valence-corrected chi connectivity index (χ0v) is 5.05. The summed E-state index contributed by atoms with van der Waals surface area (Å²) in [4.78, 5) is 8.31. The maximum absolute atomic E-state index is 4.15. The minimum atomic E-state index is 0.499. The van der Waals surface area contributed by atoms with E-state index >= 15 is 0 Å². The van der Waals surface area contributed by atoms with Crippen LogP contribution < -0.4 is 0 Å². The van der Waals surface area contributed by atoms with Gasteiger partial charge in [-0.25, -0.2) is 0 Å². The molecule has 0 saturated carbocycles. The standard InChI is InChI=1S/C6H8N2/c1-3-5(7-3)6-4(2)8-6/h3-4H,1-2H3. The van der Waals surface area contributed by atoms with E-state index in [1.165, 1.54) is 11.4 Å². The van der Waals surface area contributed by atoms with Crippen molar-refractivity contribution in [2.75, 3.05) is 0 Å². The van der Waals surface area contributed by atoms with Crippen LogP contribution in [0.15, 0.2) is 9.98 Å². The van der Waals surface area contributed by atoms with Gasteiger partial charge >= 0.3 is 0 Å². The van der Waals surface area contributed by atoms with E-state index in [1.54, 1.807) is 0 Å². The Labute approximate surface area is 48.3 Å². The van der Waals surface area contributed by atoms with Gasteiger partial charge in [-0.2, -0.15) is 0 Å². The minimum Gasteiger partial charge on any atom is -0.276 e. The van der Waals surface area contributed by atoms with Gasteiger partial charge < -0.3 is 0 Å². The molecule has 0 radical (unpaired) electrons. The molecule has 0 bridgehead atoms. The van der Waals surface area contributed by atoms with E-state index in [2.05, 4.69) is 23.8 Å². The molecule has 0 fully saturated rings. The van der Waals surface area contributed by atoms with Crippen LogP contribution >= 0.6 is 0 Å². The zero-order valence-electron chi connectivity index (χ0n) is 5.05. The van der Waals surface area contributed by atoms with Gasteiger partial charge in [-0.1, -0.05) is 0 Å². The van der Waals surface area contributed by atoms with E-state index in [1.807, 2.05) is 0 Å². The highest BCUT2D eigenvalue weighted by Crippen LogP contribution is 2.22. The number of hydrogen-bond donors (Lipinski definition) is 0. The van der Waals surface area contributed by atoms with Crippen LogP contribution in [0.3, 0.4) is 0 Å². The Morgan fingerprint density at radius 2 is 1.25 bits per heavy atom. The molecule has 0 spiro atoms. The first-order chi connectivity index (χ1) is 3.79. The lowest BCUT2D eigenvalue weighted by molar-refractivity contribution is 1.14. The van der Waals surface area contributed by atoms with Crippen molar-refractivity contribution in [3.05, 3.63) is 0 Å². The molecular formula is C6H8N2. The predicted octanol–water partition coefficient (Wildman–Crippen LogP) is 0.673. The molecule has 2 heteroatoms. The highest BCUT2D eigenvalue weighted by Gasteiger charge is 2.37. The van der Waals surface area contributed by atoms with Gasteiger partial charge in [-0.05, 0) is 13.8 Å². The second kappa shape index (κ2) is 1.02. The number of rotatable bonds is 1. The summed E-state index contributed by atoms with van der Waals surface area (Å²) < 4.78 is 0. The third-order valence-electron chi connectivity index (χ3n) is 1.58. The van der Waals surface area contributed by atoms with Gasteiger partial charge in [-0.15, -0.1) is 0 Å². The Bertz CT molecular complexity index is 169. The molecule has 2 nitrogen and oxygen atoms in total. The fourth-order valence-corrected chi connectivity index (χ4v) is 0.903. The lowest BCUT2D eigenvalue weighted by Gasteiger charge is -1.74. The van der Waals surface area contributed by atoms with Gasteiger partial charge in [0.25, 0.3) is 0 Å². The van der Waals surface area contributed by atoms with Crippen molar-refractivity contribution in [3.8, 4) is 0 Å². The van der Waals surface area contributed by atoms with Gasteiger partial charge in [-0.3, -0.25) is 9.98 Å². The highest BCUT2D eigenvalue weighted by atomic mass is 15.1. The average Bonchev–Trinajstić information content (AvgIpc) is 2.47. The van der Waals surface area contributed by atoms with Gasteiger partial charge in [0, 0.05) is 0 Å². The Hall–Kier alpha value is -0.660. The monoisotopic (exact) mass is 108 g/mol. The number of nitrogens with zero attached hydrogens (tertiary/aromatic N) is 2. The van der Waals surface area contributed by atoms with Crippen molar-refractivity contribution >= 4 is 11.4 Å². The molecule has 2 aliphatic heterocycles. The first-order valence-corrected chi connectivity index (χ1v) is 2.95. The summed E-state index contributed by atoms with van der Waals surface area (Å²) in [5.74, 6) is 0. The summed E-state index contributed by atoms with van der Waals surface area (Å²) in [6.45, 7) is 4.20. The zero-order chi connectivity index (χ0) is 5.72. The van der Waals surface area contributed by atoms with Crippen LogP contribution in [0.4, 0.5) is 0 Å². The van der Waals surface area contributed by atoms with Gasteiger partial charge in [0.2, 0.25) is 0 Å². The first kappa shape index (κ1) is 4.24. The fourth-order valence-electron chi connectivity index (χ4n) is 0.903. The highest BCUT2D eigenvalue weighted by molar-refractivity contribution is 6.54. The number of hydrogen-bond acceptors (Lipinski definition) is 2. The van der Waals surface area contributed by atoms with Crippen molar-refractivity contribution in [2.45, 2.75) is 25.9 Å². The van der Waals surface area contributed by atoms with Crippen LogP contribution in [-0.4, -0.2) is 23.5 Å².